The van der Waals surface area contributed by atoms with Crippen molar-refractivity contribution in [3.63, 3.8) is 0 Å². The van der Waals surface area contributed by atoms with Gasteiger partial charge in [0.2, 0.25) is 0 Å². The summed E-state index contributed by atoms with van der Waals surface area (Å²) < 4.78 is 0. The Morgan fingerprint density at radius 2 is 1.90 bits per heavy atom. The fraction of sp³-hybridized carbons (Fsp3) is 0.600. The molecule has 0 N–H and O–H groups in total. The van der Waals surface area contributed by atoms with E-state index in [-0.39, 0.29) is 0 Å². The Labute approximate surface area is 63.3 Å². The van der Waals surface area contributed by atoms with Crippen molar-refractivity contribution >= 4 is 0 Å². The highest BCUT2D eigenvalue weighted by molar-refractivity contribution is 5.04. The van der Waals surface area contributed by atoms with Gasteiger partial charge in [-0.1, -0.05) is 24.5 Å². The summed E-state index contributed by atoms with van der Waals surface area (Å²) >= 11 is 0. The van der Waals surface area contributed by atoms with Crippen LogP contribution >= 0.6 is 0 Å². The van der Waals surface area contributed by atoms with Gasteiger partial charge in [0.15, 0.2) is 0 Å². The molecule has 1 aliphatic carbocycles. The molecule has 0 aromatic heterocycles. The maximum atomic E-state index is 3.15. The van der Waals surface area contributed by atoms with E-state index in [1.54, 1.807) is 0 Å². The molecule has 0 amide bonds. The molecular formula is C10H14. The third kappa shape index (κ3) is 3.35. The summed E-state index contributed by atoms with van der Waals surface area (Å²) in [5.41, 5.74) is 0. The molecule has 0 unspecified atom stereocenters. The molecule has 0 heteroatoms. The van der Waals surface area contributed by atoms with Gasteiger partial charge in [0.1, 0.15) is 0 Å². The second kappa shape index (κ2) is 5.11. The zero-order valence-corrected chi connectivity index (χ0v) is 6.40. The summed E-state index contributed by atoms with van der Waals surface area (Å²) in [4.78, 5) is 0. The average molecular weight is 134 g/mol. The van der Waals surface area contributed by atoms with Crippen molar-refractivity contribution in [2.45, 2.75) is 38.5 Å². The van der Waals surface area contributed by atoms with Crippen molar-refractivity contribution in [1.29, 1.82) is 0 Å². The van der Waals surface area contributed by atoms with Gasteiger partial charge in [0.05, 0.1) is 0 Å². The smallest absolute Gasteiger partial charge is 0.0269 e. The third-order valence-corrected chi connectivity index (χ3v) is 1.68. The fourth-order valence-corrected chi connectivity index (χ4v) is 1.07. The highest BCUT2D eigenvalue weighted by Gasteiger charge is 1.86. The van der Waals surface area contributed by atoms with E-state index in [0.717, 1.165) is 12.8 Å². The summed E-state index contributed by atoms with van der Waals surface area (Å²) in [5.74, 6) is 6.27. The van der Waals surface area contributed by atoms with Crippen LogP contribution in [0.3, 0.4) is 0 Å². The predicted molar refractivity (Wildman–Crippen MR) is 44.6 cm³/mol. The SMILES string of the molecule is C1#CCCCCC/C=C\C1. The van der Waals surface area contributed by atoms with Crippen LogP contribution in [-0.4, -0.2) is 0 Å². The molecule has 54 valence electrons. The second-order valence-corrected chi connectivity index (χ2v) is 2.63. The number of rotatable bonds is 0. The molecule has 0 spiro atoms. The Kier molecular flexibility index (Phi) is 3.79. The van der Waals surface area contributed by atoms with Gasteiger partial charge in [0.25, 0.3) is 0 Å². The molecule has 0 atom stereocenters. The topological polar surface area (TPSA) is 0 Å². The van der Waals surface area contributed by atoms with Crippen LogP contribution < -0.4 is 0 Å². The highest BCUT2D eigenvalue weighted by Crippen LogP contribution is 2.04. The van der Waals surface area contributed by atoms with Crippen LogP contribution in [0, 0.1) is 11.8 Å². The van der Waals surface area contributed by atoms with Gasteiger partial charge in [-0.3, -0.25) is 0 Å². The lowest BCUT2D eigenvalue weighted by molar-refractivity contribution is 0.700. The molecular weight excluding hydrogens is 120 g/mol. The Hall–Kier alpha value is -0.700. The van der Waals surface area contributed by atoms with Gasteiger partial charge in [-0.05, 0) is 19.3 Å². The van der Waals surface area contributed by atoms with E-state index in [0.29, 0.717) is 0 Å². The van der Waals surface area contributed by atoms with Gasteiger partial charge >= 0.3 is 0 Å². The van der Waals surface area contributed by atoms with Crippen LogP contribution in [0.5, 0.6) is 0 Å². The van der Waals surface area contributed by atoms with E-state index in [9.17, 15) is 0 Å². The van der Waals surface area contributed by atoms with E-state index in [1.807, 2.05) is 0 Å². The summed E-state index contributed by atoms with van der Waals surface area (Å²) in [6.07, 6.45) is 11.7. The Balaban J connectivity index is 2.30. The first-order chi connectivity index (χ1) is 5.00. The first-order valence-electron chi connectivity index (χ1n) is 4.11. The van der Waals surface area contributed by atoms with E-state index in [2.05, 4.69) is 24.0 Å². The minimum absolute atomic E-state index is 0.958. The molecule has 1 aliphatic rings. The van der Waals surface area contributed by atoms with Gasteiger partial charge in [-0.15, -0.1) is 5.92 Å². The number of hydrogen-bond acceptors (Lipinski definition) is 0. The van der Waals surface area contributed by atoms with Gasteiger partial charge < -0.3 is 0 Å². The zero-order chi connectivity index (χ0) is 7.07. The normalized spacial score (nSPS) is 22.4. The molecule has 0 heterocycles. The monoisotopic (exact) mass is 134 g/mol. The van der Waals surface area contributed by atoms with Crippen molar-refractivity contribution in [3.8, 4) is 11.8 Å². The first kappa shape index (κ1) is 7.41. The largest absolute Gasteiger partial charge is 0.103 e. The molecule has 0 saturated heterocycles. The molecule has 0 aromatic rings. The quantitative estimate of drug-likeness (QED) is 0.353. The number of allylic oxidation sites excluding steroid dienone is 2. The van der Waals surface area contributed by atoms with Gasteiger partial charge in [-0.2, -0.15) is 0 Å². The van der Waals surface area contributed by atoms with Crippen molar-refractivity contribution in [1.82, 2.24) is 0 Å². The summed E-state index contributed by atoms with van der Waals surface area (Å²) in [5, 5.41) is 0. The highest BCUT2D eigenvalue weighted by atomic mass is 13.9. The summed E-state index contributed by atoms with van der Waals surface area (Å²) in [6, 6.07) is 0. The Morgan fingerprint density at radius 3 is 2.90 bits per heavy atom. The molecule has 0 bridgehead atoms. The van der Waals surface area contributed by atoms with Crippen LogP contribution in [0.15, 0.2) is 12.2 Å². The lowest BCUT2D eigenvalue weighted by atomic mass is 10.1. The van der Waals surface area contributed by atoms with Crippen LogP contribution in [-0.2, 0) is 0 Å². The van der Waals surface area contributed by atoms with Crippen molar-refractivity contribution in [3.05, 3.63) is 12.2 Å². The van der Waals surface area contributed by atoms with Crippen molar-refractivity contribution in [2.75, 3.05) is 0 Å². The van der Waals surface area contributed by atoms with E-state index >= 15 is 0 Å². The molecule has 10 heavy (non-hydrogen) atoms. The van der Waals surface area contributed by atoms with Crippen molar-refractivity contribution in [2.24, 2.45) is 0 Å². The summed E-state index contributed by atoms with van der Waals surface area (Å²) in [6.45, 7) is 0. The standard InChI is InChI=1S/C10H14/c1-2-4-6-8-10-9-7-5-3-1/h1-2H,3-5,7,9-10H2/b2-1-. The van der Waals surface area contributed by atoms with Crippen molar-refractivity contribution < 1.29 is 0 Å². The van der Waals surface area contributed by atoms with Crippen LogP contribution in [0.4, 0.5) is 0 Å². The molecule has 0 aliphatic heterocycles. The zero-order valence-electron chi connectivity index (χ0n) is 6.40. The maximum absolute atomic E-state index is 3.15. The first-order valence-corrected chi connectivity index (χ1v) is 4.11. The van der Waals surface area contributed by atoms with Crippen LogP contribution in [0.2, 0.25) is 0 Å². The Morgan fingerprint density at radius 1 is 0.900 bits per heavy atom. The van der Waals surface area contributed by atoms with Crippen LogP contribution in [0.25, 0.3) is 0 Å². The lowest BCUT2D eigenvalue weighted by Gasteiger charge is -1.94. The molecule has 1 rings (SSSR count). The number of hydrogen-bond donors (Lipinski definition) is 0. The molecule has 0 nitrogen and oxygen atoms in total. The van der Waals surface area contributed by atoms with E-state index in [1.165, 1.54) is 25.7 Å². The maximum Gasteiger partial charge on any atom is 0.0269 e. The minimum Gasteiger partial charge on any atom is -0.103 e. The van der Waals surface area contributed by atoms with E-state index < -0.39 is 0 Å². The molecule has 0 aromatic carbocycles. The minimum atomic E-state index is 0.958. The second-order valence-electron chi connectivity index (χ2n) is 2.63. The Bertz CT molecular complexity index is 155. The third-order valence-electron chi connectivity index (χ3n) is 1.68. The van der Waals surface area contributed by atoms with Crippen LogP contribution in [0.1, 0.15) is 38.5 Å². The average Bonchev–Trinajstić information content (AvgIpc) is 2.01. The summed E-state index contributed by atoms with van der Waals surface area (Å²) in [7, 11) is 0. The molecule has 0 radical (unpaired) electrons. The van der Waals surface area contributed by atoms with Gasteiger partial charge in [0, 0.05) is 12.8 Å². The molecule has 0 fully saturated rings. The molecule has 0 saturated carbocycles. The lowest BCUT2D eigenvalue weighted by Crippen LogP contribution is -1.77. The van der Waals surface area contributed by atoms with E-state index in [4.69, 9.17) is 0 Å². The fourth-order valence-electron chi connectivity index (χ4n) is 1.07. The van der Waals surface area contributed by atoms with Gasteiger partial charge in [-0.25, -0.2) is 0 Å². The predicted octanol–water partition coefficient (Wildman–Crippen LogP) is 2.90.